The van der Waals surface area contributed by atoms with Gasteiger partial charge < -0.3 is 15.0 Å². The van der Waals surface area contributed by atoms with Crippen molar-refractivity contribution in [3.63, 3.8) is 0 Å². The molecule has 1 heterocycles. The smallest absolute Gasteiger partial charge is 0.307 e. The standard InChI is InChI=1S/C11H18N2O4S/c1-11(2)13(7-14)8(6-18-11)10(16)12-5-4-9(15)17-3/h7-8H,4-6H2,1-3H3,(H,12,16)/t8-/m1/s1. The highest BCUT2D eigenvalue weighted by atomic mass is 32.2. The van der Waals surface area contributed by atoms with Gasteiger partial charge in [-0.15, -0.1) is 11.8 Å². The van der Waals surface area contributed by atoms with Gasteiger partial charge in [0.25, 0.3) is 0 Å². The maximum atomic E-state index is 11.9. The molecule has 0 aliphatic carbocycles. The molecule has 1 atom stereocenters. The first-order chi connectivity index (χ1) is 8.42. The van der Waals surface area contributed by atoms with Crippen molar-refractivity contribution in [2.75, 3.05) is 19.4 Å². The Labute approximate surface area is 110 Å². The molecule has 2 amide bonds. The van der Waals surface area contributed by atoms with E-state index in [-0.39, 0.29) is 29.7 Å². The molecule has 0 aromatic heterocycles. The lowest BCUT2D eigenvalue weighted by molar-refractivity contribution is -0.140. The van der Waals surface area contributed by atoms with Crippen molar-refractivity contribution in [3.8, 4) is 0 Å². The molecule has 0 aromatic rings. The monoisotopic (exact) mass is 274 g/mol. The van der Waals surface area contributed by atoms with E-state index in [9.17, 15) is 14.4 Å². The Kier molecular flexibility index (Phi) is 5.01. The zero-order valence-electron chi connectivity index (χ0n) is 10.8. The molecule has 1 aliphatic heterocycles. The average Bonchev–Trinajstić information content (AvgIpc) is 2.63. The molecular formula is C11H18N2O4S. The normalized spacial score (nSPS) is 21.5. The summed E-state index contributed by atoms with van der Waals surface area (Å²) in [5.41, 5.74) is 0. The maximum absolute atomic E-state index is 11.9. The molecule has 0 radical (unpaired) electrons. The number of rotatable bonds is 5. The second-order valence-electron chi connectivity index (χ2n) is 4.40. The quantitative estimate of drug-likeness (QED) is 0.563. The lowest BCUT2D eigenvalue weighted by atomic mass is 10.2. The molecule has 0 aromatic carbocycles. The van der Waals surface area contributed by atoms with Crippen LogP contribution in [0, 0.1) is 0 Å². The van der Waals surface area contributed by atoms with Crippen LogP contribution in [0.3, 0.4) is 0 Å². The molecule has 1 rings (SSSR count). The number of esters is 1. The highest BCUT2D eigenvalue weighted by Gasteiger charge is 2.42. The molecule has 0 spiro atoms. The molecule has 1 saturated heterocycles. The number of hydrogen-bond donors (Lipinski definition) is 1. The van der Waals surface area contributed by atoms with Crippen LogP contribution in [0.2, 0.25) is 0 Å². The molecule has 102 valence electrons. The number of thioether (sulfide) groups is 1. The summed E-state index contributed by atoms with van der Waals surface area (Å²) in [6, 6.07) is -0.472. The number of ether oxygens (including phenoxy) is 1. The summed E-state index contributed by atoms with van der Waals surface area (Å²) >= 11 is 1.56. The summed E-state index contributed by atoms with van der Waals surface area (Å²) in [4.78, 5) is 34.9. The van der Waals surface area contributed by atoms with Crippen molar-refractivity contribution in [1.82, 2.24) is 10.2 Å². The van der Waals surface area contributed by atoms with Gasteiger partial charge in [0.2, 0.25) is 12.3 Å². The van der Waals surface area contributed by atoms with Crippen LogP contribution in [0.1, 0.15) is 20.3 Å². The van der Waals surface area contributed by atoms with E-state index in [1.165, 1.54) is 12.0 Å². The van der Waals surface area contributed by atoms with Crippen molar-refractivity contribution in [1.29, 1.82) is 0 Å². The molecule has 0 saturated carbocycles. The lowest BCUT2D eigenvalue weighted by Gasteiger charge is -2.30. The van der Waals surface area contributed by atoms with Crippen molar-refractivity contribution < 1.29 is 19.1 Å². The van der Waals surface area contributed by atoms with Crippen molar-refractivity contribution in [3.05, 3.63) is 0 Å². The Hall–Kier alpha value is -1.24. The Morgan fingerprint density at radius 1 is 1.56 bits per heavy atom. The van der Waals surface area contributed by atoms with Gasteiger partial charge in [0.1, 0.15) is 6.04 Å². The van der Waals surface area contributed by atoms with Gasteiger partial charge in [0.15, 0.2) is 0 Å². The first kappa shape index (κ1) is 14.8. The average molecular weight is 274 g/mol. The first-order valence-corrected chi connectivity index (χ1v) is 6.63. The van der Waals surface area contributed by atoms with Gasteiger partial charge in [-0.25, -0.2) is 0 Å². The predicted molar refractivity (Wildman–Crippen MR) is 67.9 cm³/mol. The Balaban J connectivity index is 2.47. The predicted octanol–water partition coefficient (Wildman–Crippen LogP) is -0.0244. The third-order valence-corrected chi connectivity index (χ3v) is 4.22. The highest BCUT2D eigenvalue weighted by Crippen LogP contribution is 2.37. The van der Waals surface area contributed by atoms with Crippen LogP contribution in [0.15, 0.2) is 0 Å². The molecule has 0 bridgehead atoms. The number of carbonyl (C=O) groups excluding carboxylic acids is 3. The molecule has 0 unspecified atom stereocenters. The molecule has 18 heavy (non-hydrogen) atoms. The Bertz CT molecular complexity index is 346. The van der Waals surface area contributed by atoms with Gasteiger partial charge in [-0.05, 0) is 13.8 Å². The minimum atomic E-state index is -0.472. The number of hydrogen-bond acceptors (Lipinski definition) is 5. The van der Waals surface area contributed by atoms with Crippen molar-refractivity contribution >= 4 is 30.0 Å². The van der Waals surface area contributed by atoms with Crippen LogP contribution in [-0.4, -0.2) is 53.5 Å². The van der Waals surface area contributed by atoms with Crippen LogP contribution in [0.5, 0.6) is 0 Å². The van der Waals surface area contributed by atoms with E-state index in [0.29, 0.717) is 12.2 Å². The summed E-state index contributed by atoms with van der Waals surface area (Å²) in [7, 11) is 1.30. The summed E-state index contributed by atoms with van der Waals surface area (Å²) in [6.07, 6.45) is 0.830. The Morgan fingerprint density at radius 3 is 2.78 bits per heavy atom. The van der Waals surface area contributed by atoms with Gasteiger partial charge in [-0.1, -0.05) is 0 Å². The summed E-state index contributed by atoms with van der Waals surface area (Å²) in [5.74, 6) is -0.0387. The van der Waals surface area contributed by atoms with E-state index in [0.717, 1.165) is 0 Å². The van der Waals surface area contributed by atoms with Crippen LogP contribution in [0.4, 0.5) is 0 Å². The zero-order valence-corrected chi connectivity index (χ0v) is 11.6. The molecule has 1 fully saturated rings. The summed E-state index contributed by atoms with van der Waals surface area (Å²) in [6.45, 7) is 4.02. The Morgan fingerprint density at radius 2 is 2.22 bits per heavy atom. The van der Waals surface area contributed by atoms with Crippen molar-refractivity contribution in [2.45, 2.75) is 31.2 Å². The maximum Gasteiger partial charge on any atom is 0.307 e. The third kappa shape index (κ3) is 3.38. The minimum absolute atomic E-state index is 0.132. The topological polar surface area (TPSA) is 75.7 Å². The van der Waals surface area contributed by atoms with E-state index in [4.69, 9.17) is 0 Å². The number of nitrogens with zero attached hydrogens (tertiary/aromatic N) is 1. The fraction of sp³-hybridized carbons (Fsp3) is 0.727. The minimum Gasteiger partial charge on any atom is -0.469 e. The van der Waals surface area contributed by atoms with Crippen LogP contribution >= 0.6 is 11.8 Å². The summed E-state index contributed by atoms with van der Waals surface area (Å²) in [5, 5.41) is 2.64. The number of amides is 2. The second-order valence-corrected chi connectivity index (χ2v) is 6.02. The van der Waals surface area contributed by atoms with E-state index in [1.807, 2.05) is 13.8 Å². The van der Waals surface area contributed by atoms with E-state index in [1.54, 1.807) is 11.8 Å². The van der Waals surface area contributed by atoms with Gasteiger partial charge in [-0.3, -0.25) is 14.4 Å². The van der Waals surface area contributed by atoms with Gasteiger partial charge in [0.05, 0.1) is 18.4 Å². The summed E-state index contributed by atoms with van der Waals surface area (Å²) < 4.78 is 4.47. The van der Waals surface area contributed by atoms with Gasteiger partial charge in [-0.2, -0.15) is 0 Å². The third-order valence-electron chi connectivity index (χ3n) is 2.82. The van der Waals surface area contributed by atoms with Gasteiger partial charge in [0, 0.05) is 12.3 Å². The van der Waals surface area contributed by atoms with E-state index < -0.39 is 6.04 Å². The number of nitrogens with one attached hydrogen (secondary N) is 1. The van der Waals surface area contributed by atoms with Crippen LogP contribution in [-0.2, 0) is 19.1 Å². The van der Waals surface area contributed by atoms with E-state index >= 15 is 0 Å². The second kappa shape index (κ2) is 6.08. The lowest BCUT2D eigenvalue weighted by Crippen LogP contribution is -2.49. The molecule has 7 heteroatoms. The largest absolute Gasteiger partial charge is 0.469 e. The zero-order chi connectivity index (χ0) is 13.8. The highest BCUT2D eigenvalue weighted by molar-refractivity contribution is 8.00. The molecule has 1 aliphatic rings. The number of carbonyl (C=O) groups is 3. The van der Waals surface area contributed by atoms with Crippen molar-refractivity contribution in [2.24, 2.45) is 0 Å². The van der Waals surface area contributed by atoms with Crippen LogP contribution < -0.4 is 5.32 Å². The molecular weight excluding hydrogens is 256 g/mol. The fourth-order valence-electron chi connectivity index (χ4n) is 1.72. The van der Waals surface area contributed by atoms with Crippen LogP contribution in [0.25, 0.3) is 0 Å². The number of methoxy groups -OCH3 is 1. The van der Waals surface area contributed by atoms with Gasteiger partial charge >= 0.3 is 5.97 Å². The molecule has 6 nitrogen and oxygen atoms in total. The first-order valence-electron chi connectivity index (χ1n) is 5.64. The SMILES string of the molecule is COC(=O)CCNC(=O)[C@H]1CSC(C)(C)N1C=O. The van der Waals surface area contributed by atoms with E-state index in [2.05, 4.69) is 10.1 Å². The molecule has 1 N–H and O–H groups in total. The fourth-order valence-corrected chi connectivity index (χ4v) is 2.92.